The maximum Gasteiger partial charge on any atom is 0.141 e. The van der Waals surface area contributed by atoms with Gasteiger partial charge in [0, 0.05) is 35.8 Å². The molecule has 4 aromatic rings. The molecule has 6 nitrogen and oxygen atoms in total. The number of thiophene rings is 1. The molecule has 152 valence electrons. The van der Waals surface area contributed by atoms with Gasteiger partial charge in [0.25, 0.3) is 0 Å². The molecule has 0 saturated carbocycles. The number of imidazole rings is 1. The van der Waals surface area contributed by atoms with Crippen molar-refractivity contribution in [2.24, 2.45) is 7.05 Å². The van der Waals surface area contributed by atoms with Gasteiger partial charge < -0.3 is 14.9 Å². The fourth-order valence-electron chi connectivity index (χ4n) is 3.22. The van der Waals surface area contributed by atoms with Gasteiger partial charge in [0.15, 0.2) is 0 Å². The average Bonchev–Trinajstić information content (AvgIpc) is 3.41. The molecule has 0 aromatic carbocycles. The summed E-state index contributed by atoms with van der Waals surface area (Å²) >= 11 is 2.85. The fraction of sp³-hybridized carbons (Fsp3) is 0.300. The van der Waals surface area contributed by atoms with Crippen LogP contribution in [0.3, 0.4) is 0 Å². The number of anilines is 1. The predicted molar refractivity (Wildman–Crippen MR) is 123 cm³/mol. The van der Waals surface area contributed by atoms with Gasteiger partial charge in [0.1, 0.15) is 21.4 Å². The van der Waals surface area contributed by atoms with Crippen molar-refractivity contribution in [3.8, 4) is 22.0 Å². The van der Waals surface area contributed by atoms with Crippen LogP contribution in [0, 0.1) is 13.2 Å². The van der Waals surface area contributed by atoms with Gasteiger partial charge in [-0.3, -0.25) is 10.3 Å². The maximum atomic E-state index is 13.2. The number of fused-ring (bicyclic) bond motifs is 1. The zero-order valence-electron chi connectivity index (χ0n) is 16.5. The molecule has 0 amide bonds. The maximum absolute atomic E-state index is 13.2. The lowest BCUT2D eigenvalue weighted by molar-refractivity contribution is 0.589. The van der Waals surface area contributed by atoms with Crippen molar-refractivity contribution in [1.82, 2.24) is 19.5 Å². The van der Waals surface area contributed by atoms with Crippen molar-refractivity contribution in [2.45, 2.75) is 30.9 Å². The SMILES string of the molecule is [CH]S([O-])(CCCC)c1sc2nc(-c3nccs3)cc(-c3cnc(C)n3C)c2c1N. The summed E-state index contributed by atoms with van der Waals surface area (Å²) in [5.74, 6) is 1.31. The van der Waals surface area contributed by atoms with Gasteiger partial charge in [-0.15, -0.1) is 22.7 Å². The molecule has 4 heterocycles. The third kappa shape index (κ3) is 3.56. The monoisotopic (exact) mass is 444 g/mol. The highest BCUT2D eigenvalue weighted by atomic mass is 32.3. The molecule has 1 atom stereocenters. The number of nitrogen functional groups attached to an aromatic ring is 1. The molecular weight excluding hydrogens is 422 g/mol. The first-order valence-corrected chi connectivity index (χ1v) is 12.7. The van der Waals surface area contributed by atoms with E-state index < -0.39 is 10.3 Å². The summed E-state index contributed by atoms with van der Waals surface area (Å²) in [7, 11) is -0.755. The fourth-order valence-corrected chi connectivity index (χ4v) is 7.10. The Morgan fingerprint density at radius 1 is 1.34 bits per heavy atom. The second-order valence-corrected chi connectivity index (χ2v) is 11.3. The van der Waals surface area contributed by atoms with Crippen LogP contribution in [0.1, 0.15) is 25.6 Å². The number of rotatable bonds is 6. The highest BCUT2D eigenvalue weighted by Gasteiger charge is 2.23. The normalized spacial score (nSPS) is 14.9. The molecule has 0 fully saturated rings. The van der Waals surface area contributed by atoms with Crippen LogP contribution >= 0.6 is 33.0 Å². The van der Waals surface area contributed by atoms with E-state index in [4.69, 9.17) is 17.0 Å². The standard InChI is InChI=1S/C20H23N5OS3/c1-5-6-9-29(4,26)20-17(21)16-13(15-11-23-12(2)25(15)3)10-14(24-19(16)28-20)18-22-7-8-27-18/h4,7-8,10-11,26H,5-6,9,21H2,1-3H3/p-1. The summed E-state index contributed by atoms with van der Waals surface area (Å²) in [6.45, 7) is 4.00. The van der Waals surface area contributed by atoms with Crippen molar-refractivity contribution in [3.05, 3.63) is 35.9 Å². The minimum Gasteiger partial charge on any atom is -0.808 e. The Hall–Kier alpha value is -1.94. The number of aromatic nitrogens is 4. The van der Waals surface area contributed by atoms with Gasteiger partial charge in [-0.05, 0) is 25.2 Å². The number of nitrogens with zero attached hydrogens (tertiary/aromatic N) is 4. The molecule has 1 unspecified atom stereocenters. The van der Waals surface area contributed by atoms with Crippen LogP contribution in [0.4, 0.5) is 5.69 Å². The van der Waals surface area contributed by atoms with Crippen LogP contribution in [-0.2, 0) is 7.05 Å². The van der Waals surface area contributed by atoms with Gasteiger partial charge >= 0.3 is 0 Å². The predicted octanol–water partition coefficient (Wildman–Crippen LogP) is 5.47. The van der Waals surface area contributed by atoms with Crippen LogP contribution in [0.25, 0.3) is 32.2 Å². The third-order valence-electron chi connectivity index (χ3n) is 4.93. The van der Waals surface area contributed by atoms with Crippen LogP contribution in [0.5, 0.6) is 0 Å². The Bertz CT molecular complexity index is 1160. The topological polar surface area (TPSA) is 92.7 Å². The van der Waals surface area contributed by atoms with Crippen molar-refractivity contribution in [2.75, 3.05) is 11.5 Å². The molecule has 0 bridgehead atoms. The molecule has 2 N–H and O–H groups in total. The van der Waals surface area contributed by atoms with Gasteiger partial charge in [-0.25, -0.2) is 15.0 Å². The molecule has 0 aliphatic heterocycles. The summed E-state index contributed by atoms with van der Waals surface area (Å²) < 4.78 is 15.8. The van der Waals surface area contributed by atoms with E-state index >= 15 is 0 Å². The number of nitrogens with two attached hydrogens (primary N) is 1. The summed E-state index contributed by atoms with van der Waals surface area (Å²) in [5.41, 5.74) is 9.56. The van der Waals surface area contributed by atoms with E-state index in [1.54, 1.807) is 6.20 Å². The van der Waals surface area contributed by atoms with Gasteiger partial charge in [-0.1, -0.05) is 13.3 Å². The number of pyridine rings is 1. The second kappa shape index (κ2) is 7.71. The Morgan fingerprint density at radius 2 is 2.14 bits per heavy atom. The molecule has 29 heavy (non-hydrogen) atoms. The van der Waals surface area contributed by atoms with E-state index in [1.807, 2.05) is 36.2 Å². The molecule has 9 heteroatoms. The Balaban J connectivity index is 2.00. The minimum absolute atomic E-state index is 0.417. The molecular formula is C20H22N5OS3-. The number of aryl methyl sites for hydroxylation is 1. The average molecular weight is 445 g/mol. The lowest BCUT2D eigenvalue weighted by atomic mass is 10.1. The first-order chi connectivity index (χ1) is 13.8. The van der Waals surface area contributed by atoms with E-state index in [-0.39, 0.29) is 0 Å². The molecule has 0 aliphatic carbocycles. The highest BCUT2D eigenvalue weighted by molar-refractivity contribution is 8.31. The van der Waals surface area contributed by atoms with Crippen molar-refractivity contribution < 1.29 is 4.55 Å². The van der Waals surface area contributed by atoms with E-state index in [9.17, 15) is 4.55 Å². The molecule has 2 radical (unpaired) electrons. The zero-order chi connectivity index (χ0) is 20.8. The number of thiazole rings is 1. The smallest absolute Gasteiger partial charge is 0.141 e. The zero-order valence-corrected chi connectivity index (χ0v) is 19.0. The van der Waals surface area contributed by atoms with E-state index in [0.29, 0.717) is 20.5 Å². The van der Waals surface area contributed by atoms with E-state index in [1.165, 1.54) is 22.7 Å². The Kier molecular flexibility index (Phi) is 5.41. The van der Waals surface area contributed by atoms with Gasteiger partial charge in [-0.2, -0.15) is 0 Å². The quantitative estimate of drug-likeness (QED) is 0.425. The molecule has 0 spiro atoms. The molecule has 4 rings (SSSR count). The summed E-state index contributed by atoms with van der Waals surface area (Å²) in [6, 6.07) is 1.98. The number of unbranched alkanes of at least 4 members (excludes halogenated alkanes) is 1. The lowest BCUT2D eigenvalue weighted by Crippen LogP contribution is -2.02. The first kappa shape index (κ1) is 20.3. The van der Waals surface area contributed by atoms with Gasteiger partial charge in [0.2, 0.25) is 0 Å². The summed E-state index contributed by atoms with van der Waals surface area (Å²) in [5, 5.41) is 3.52. The number of hydrogen-bond acceptors (Lipinski definition) is 7. The van der Waals surface area contributed by atoms with Crippen molar-refractivity contribution in [3.63, 3.8) is 0 Å². The third-order valence-corrected chi connectivity index (χ3v) is 9.46. The largest absolute Gasteiger partial charge is 0.808 e. The van der Waals surface area contributed by atoms with E-state index in [0.717, 1.165) is 46.0 Å². The molecule has 0 saturated heterocycles. The van der Waals surface area contributed by atoms with Crippen molar-refractivity contribution in [1.29, 1.82) is 0 Å². The number of hydrogen-bond donors (Lipinski definition) is 1. The Labute approximate surface area is 180 Å². The first-order valence-electron chi connectivity index (χ1n) is 9.24. The van der Waals surface area contributed by atoms with Crippen LogP contribution < -0.4 is 5.73 Å². The Morgan fingerprint density at radius 3 is 2.76 bits per heavy atom. The summed E-state index contributed by atoms with van der Waals surface area (Å²) in [6.07, 6.45) is 11.5. The molecule has 0 aliphatic rings. The highest BCUT2D eigenvalue weighted by Crippen LogP contribution is 2.59. The van der Waals surface area contributed by atoms with E-state index in [2.05, 4.69) is 16.9 Å². The van der Waals surface area contributed by atoms with Crippen LogP contribution in [0.15, 0.2) is 28.0 Å². The second-order valence-electron chi connectivity index (χ2n) is 6.91. The minimum atomic E-state index is -2.72. The van der Waals surface area contributed by atoms with Gasteiger partial charge in [0.05, 0.1) is 21.8 Å². The van der Waals surface area contributed by atoms with Crippen LogP contribution in [0.2, 0.25) is 0 Å². The lowest BCUT2D eigenvalue weighted by Gasteiger charge is -2.42. The van der Waals surface area contributed by atoms with Crippen molar-refractivity contribution >= 4 is 48.9 Å². The molecule has 4 aromatic heterocycles. The summed E-state index contributed by atoms with van der Waals surface area (Å²) in [4.78, 5) is 14.3. The van der Waals surface area contributed by atoms with Crippen LogP contribution in [-0.4, -0.2) is 29.8 Å².